The summed E-state index contributed by atoms with van der Waals surface area (Å²) in [5, 5.41) is 9.44. The SMILES string of the molecule is CC1CCCN(c2ccccc2S(C)(=O)=O)C1C(=O)O. The van der Waals surface area contributed by atoms with Crippen LogP contribution in [0.25, 0.3) is 0 Å². The van der Waals surface area contributed by atoms with E-state index >= 15 is 0 Å². The molecule has 2 rings (SSSR count). The zero-order valence-corrected chi connectivity index (χ0v) is 12.4. The zero-order chi connectivity index (χ0) is 14.9. The Morgan fingerprint density at radius 2 is 2.00 bits per heavy atom. The van der Waals surface area contributed by atoms with Gasteiger partial charge in [0.2, 0.25) is 0 Å². The minimum absolute atomic E-state index is 0.00568. The molecule has 0 aromatic heterocycles. The molecule has 0 radical (unpaired) electrons. The minimum Gasteiger partial charge on any atom is -0.480 e. The fourth-order valence-electron chi connectivity index (χ4n) is 2.84. The molecule has 1 aromatic carbocycles. The molecular weight excluding hydrogens is 278 g/mol. The van der Waals surface area contributed by atoms with Gasteiger partial charge in [0, 0.05) is 12.8 Å². The molecule has 0 bridgehead atoms. The summed E-state index contributed by atoms with van der Waals surface area (Å²) in [7, 11) is -3.38. The summed E-state index contributed by atoms with van der Waals surface area (Å²) in [5.74, 6) is -0.908. The highest BCUT2D eigenvalue weighted by Crippen LogP contribution is 2.33. The fraction of sp³-hybridized carbons (Fsp3) is 0.500. The highest BCUT2D eigenvalue weighted by molar-refractivity contribution is 7.90. The number of sulfone groups is 1. The van der Waals surface area contributed by atoms with E-state index in [1.807, 2.05) is 6.92 Å². The topological polar surface area (TPSA) is 74.7 Å². The van der Waals surface area contributed by atoms with Gasteiger partial charge in [-0.05, 0) is 30.9 Å². The first-order valence-electron chi connectivity index (χ1n) is 6.61. The first-order valence-corrected chi connectivity index (χ1v) is 8.50. The molecule has 1 aromatic rings. The van der Waals surface area contributed by atoms with Crippen LogP contribution in [-0.4, -0.2) is 38.3 Å². The van der Waals surface area contributed by atoms with Gasteiger partial charge in [-0.25, -0.2) is 13.2 Å². The molecule has 20 heavy (non-hydrogen) atoms. The summed E-state index contributed by atoms with van der Waals surface area (Å²) in [4.78, 5) is 13.4. The largest absolute Gasteiger partial charge is 0.480 e. The number of rotatable bonds is 3. The van der Waals surface area contributed by atoms with Crippen LogP contribution in [0.3, 0.4) is 0 Å². The molecule has 0 aliphatic carbocycles. The van der Waals surface area contributed by atoms with Gasteiger partial charge in [0.1, 0.15) is 6.04 Å². The molecule has 1 saturated heterocycles. The van der Waals surface area contributed by atoms with Gasteiger partial charge in [0.05, 0.1) is 10.6 Å². The number of benzene rings is 1. The highest BCUT2D eigenvalue weighted by atomic mass is 32.2. The van der Waals surface area contributed by atoms with Crippen molar-refractivity contribution >= 4 is 21.5 Å². The molecule has 6 heteroatoms. The number of hydrogen-bond donors (Lipinski definition) is 1. The Labute approximate surface area is 119 Å². The average Bonchev–Trinajstić information content (AvgIpc) is 2.37. The van der Waals surface area contributed by atoms with Crippen LogP contribution in [0.5, 0.6) is 0 Å². The molecule has 1 aliphatic heterocycles. The Hall–Kier alpha value is -1.56. The van der Waals surface area contributed by atoms with Crippen LogP contribution in [-0.2, 0) is 14.6 Å². The maximum Gasteiger partial charge on any atom is 0.326 e. The molecule has 1 fully saturated rings. The summed E-state index contributed by atoms with van der Waals surface area (Å²) < 4.78 is 23.8. The van der Waals surface area contributed by atoms with Gasteiger partial charge in [-0.3, -0.25) is 0 Å². The highest BCUT2D eigenvalue weighted by Gasteiger charge is 2.36. The number of carboxylic acid groups (broad SMARTS) is 1. The zero-order valence-electron chi connectivity index (χ0n) is 11.6. The molecule has 5 nitrogen and oxygen atoms in total. The first-order chi connectivity index (χ1) is 9.32. The van der Waals surface area contributed by atoms with Gasteiger partial charge in [-0.15, -0.1) is 0 Å². The number of carbonyl (C=O) groups is 1. The lowest BCUT2D eigenvalue weighted by Gasteiger charge is -2.39. The van der Waals surface area contributed by atoms with E-state index in [0.29, 0.717) is 12.2 Å². The Bertz CT molecular complexity index is 611. The third-order valence-electron chi connectivity index (χ3n) is 3.76. The van der Waals surface area contributed by atoms with Crippen molar-refractivity contribution in [3.63, 3.8) is 0 Å². The number of nitrogens with zero attached hydrogens (tertiary/aromatic N) is 1. The van der Waals surface area contributed by atoms with E-state index < -0.39 is 21.8 Å². The third kappa shape index (κ3) is 2.80. The molecular formula is C14H19NO4S. The molecule has 0 spiro atoms. The smallest absolute Gasteiger partial charge is 0.326 e. The minimum atomic E-state index is -3.38. The molecule has 2 unspecified atom stereocenters. The number of anilines is 1. The standard InChI is InChI=1S/C14H19NO4S/c1-10-6-5-9-15(13(10)14(16)17)11-7-3-4-8-12(11)20(2,18)19/h3-4,7-8,10,13H,5-6,9H2,1-2H3,(H,16,17). The van der Waals surface area contributed by atoms with Crippen LogP contribution >= 0.6 is 0 Å². The van der Waals surface area contributed by atoms with E-state index in [2.05, 4.69) is 0 Å². The first kappa shape index (κ1) is 14.8. The second-order valence-corrected chi connectivity index (χ2v) is 7.32. The summed E-state index contributed by atoms with van der Waals surface area (Å²) in [6.45, 7) is 2.46. The number of carboxylic acids is 1. The van der Waals surface area contributed by atoms with Crippen LogP contribution in [0.1, 0.15) is 19.8 Å². The summed E-state index contributed by atoms with van der Waals surface area (Å²) >= 11 is 0. The lowest BCUT2D eigenvalue weighted by atomic mass is 9.90. The van der Waals surface area contributed by atoms with E-state index in [9.17, 15) is 18.3 Å². The van der Waals surface area contributed by atoms with Crippen LogP contribution in [0.2, 0.25) is 0 Å². The maximum absolute atomic E-state index is 11.9. The van der Waals surface area contributed by atoms with Gasteiger partial charge in [-0.2, -0.15) is 0 Å². The van der Waals surface area contributed by atoms with E-state index in [4.69, 9.17) is 0 Å². The van der Waals surface area contributed by atoms with Crippen LogP contribution in [0.15, 0.2) is 29.2 Å². The lowest BCUT2D eigenvalue weighted by molar-refractivity contribution is -0.140. The predicted molar refractivity (Wildman–Crippen MR) is 76.7 cm³/mol. The summed E-state index contributed by atoms with van der Waals surface area (Å²) in [5.41, 5.74) is 0.494. The van der Waals surface area contributed by atoms with E-state index in [1.54, 1.807) is 23.1 Å². The van der Waals surface area contributed by atoms with E-state index in [0.717, 1.165) is 19.1 Å². The predicted octanol–water partition coefficient (Wildman–Crippen LogP) is 1.78. The van der Waals surface area contributed by atoms with Crippen LogP contribution < -0.4 is 4.90 Å². The van der Waals surface area contributed by atoms with Crippen molar-refractivity contribution in [1.82, 2.24) is 0 Å². The Balaban J connectivity index is 2.52. The van der Waals surface area contributed by atoms with Crippen molar-refractivity contribution in [1.29, 1.82) is 0 Å². The molecule has 110 valence electrons. The van der Waals surface area contributed by atoms with E-state index in [1.165, 1.54) is 6.07 Å². The van der Waals surface area contributed by atoms with Gasteiger partial charge < -0.3 is 10.0 Å². The maximum atomic E-state index is 11.9. The van der Waals surface area contributed by atoms with Gasteiger partial charge in [-0.1, -0.05) is 19.1 Å². The molecule has 0 amide bonds. The van der Waals surface area contributed by atoms with Crippen molar-refractivity contribution in [2.75, 3.05) is 17.7 Å². The molecule has 1 aliphatic rings. The lowest BCUT2D eigenvalue weighted by Crippen LogP contribution is -2.49. The molecule has 2 atom stereocenters. The fourth-order valence-corrected chi connectivity index (χ4v) is 3.73. The Kier molecular flexibility index (Phi) is 4.04. The monoisotopic (exact) mass is 297 g/mol. The van der Waals surface area contributed by atoms with Crippen molar-refractivity contribution in [3.05, 3.63) is 24.3 Å². The molecule has 0 saturated carbocycles. The van der Waals surface area contributed by atoms with E-state index in [-0.39, 0.29) is 10.8 Å². The number of hydrogen-bond acceptors (Lipinski definition) is 4. The molecule has 1 N–H and O–H groups in total. The van der Waals surface area contributed by atoms with Gasteiger partial charge in [0.25, 0.3) is 0 Å². The van der Waals surface area contributed by atoms with Crippen LogP contribution in [0.4, 0.5) is 5.69 Å². The average molecular weight is 297 g/mol. The second-order valence-electron chi connectivity index (χ2n) is 5.34. The Morgan fingerprint density at radius 3 is 2.60 bits per heavy atom. The summed E-state index contributed by atoms with van der Waals surface area (Å²) in [6, 6.07) is 5.94. The number of piperidine rings is 1. The van der Waals surface area contributed by atoms with Gasteiger partial charge >= 0.3 is 5.97 Å². The normalized spacial score (nSPS) is 23.6. The van der Waals surface area contributed by atoms with Crippen molar-refractivity contribution in [3.8, 4) is 0 Å². The summed E-state index contributed by atoms with van der Waals surface area (Å²) in [6.07, 6.45) is 2.85. The van der Waals surface area contributed by atoms with Crippen molar-refractivity contribution in [2.45, 2.75) is 30.7 Å². The van der Waals surface area contributed by atoms with Gasteiger partial charge in [0.15, 0.2) is 9.84 Å². The van der Waals surface area contributed by atoms with Crippen molar-refractivity contribution < 1.29 is 18.3 Å². The quantitative estimate of drug-likeness (QED) is 0.920. The van der Waals surface area contributed by atoms with Crippen LogP contribution in [0, 0.1) is 5.92 Å². The van der Waals surface area contributed by atoms with Crippen molar-refractivity contribution in [2.24, 2.45) is 5.92 Å². The molecule has 1 heterocycles. The third-order valence-corrected chi connectivity index (χ3v) is 4.90. The number of para-hydroxylation sites is 1. The second kappa shape index (κ2) is 5.44. The number of aliphatic carboxylic acids is 1. The Morgan fingerprint density at radius 1 is 1.35 bits per heavy atom.